The van der Waals surface area contributed by atoms with Crippen LogP contribution in [0, 0.1) is 12.8 Å². The van der Waals surface area contributed by atoms with Gasteiger partial charge in [0.15, 0.2) is 0 Å². The van der Waals surface area contributed by atoms with Gasteiger partial charge in [-0.1, -0.05) is 22.9 Å². The van der Waals surface area contributed by atoms with Crippen molar-refractivity contribution in [1.29, 1.82) is 0 Å². The molecule has 0 N–H and O–H groups in total. The van der Waals surface area contributed by atoms with E-state index >= 15 is 0 Å². The number of halogens is 2. The van der Waals surface area contributed by atoms with Crippen LogP contribution in [-0.4, -0.2) is 29.3 Å². The third kappa shape index (κ3) is 3.07. The zero-order chi connectivity index (χ0) is 13.3. The molecule has 98 valence electrons. The summed E-state index contributed by atoms with van der Waals surface area (Å²) in [4.78, 5) is 14.3. The predicted octanol–water partition coefficient (Wildman–Crippen LogP) is 3.85. The molecule has 2 atom stereocenters. The van der Waals surface area contributed by atoms with E-state index in [1.165, 1.54) is 0 Å². The normalized spacial score (nSPS) is 24.1. The van der Waals surface area contributed by atoms with Crippen LogP contribution in [0.15, 0.2) is 22.7 Å². The standard InChI is InChI=1S/C14H17BrClNO/c1-9-5-11(7-12(15)6-9)14(18)17-4-3-10(2)13(16)8-17/h5-7,10,13H,3-4,8H2,1-2H3. The van der Waals surface area contributed by atoms with Gasteiger partial charge in [0.25, 0.3) is 5.91 Å². The Bertz CT molecular complexity index is 443. The molecule has 1 aliphatic heterocycles. The van der Waals surface area contributed by atoms with Crippen LogP contribution in [0.2, 0.25) is 0 Å². The van der Waals surface area contributed by atoms with Crippen LogP contribution in [0.4, 0.5) is 0 Å². The van der Waals surface area contributed by atoms with Crippen molar-refractivity contribution < 1.29 is 4.79 Å². The van der Waals surface area contributed by atoms with Gasteiger partial charge in [-0.25, -0.2) is 0 Å². The zero-order valence-electron chi connectivity index (χ0n) is 10.6. The fourth-order valence-corrected chi connectivity index (χ4v) is 3.15. The maximum atomic E-state index is 12.4. The quantitative estimate of drug-likeness (QED) is 0.716. The van der Waals surface area contributed by atoms with Gasteiger partial charge in [0.2, 0.25) is 0 Å². The van der Waals surface area contributed by atoms with Gasteiger partial charge in [0.05, 0.1) is 5.38 Å². The van der Waals surface area contributed by atoms with E-state index in [0.29, 0.717) is 12.5 Å². The number of benzene rings is 1. The third-order valence-corrected chi connectivity index (χ3v) is 4.47. The second kappa shape index (κ2) is 5.62. The molecule has 0 saturated carbocycles. The summed E-state index contributed by atoms with van der Waals surface area (Å²) in [6.45, 7) is 5.58. The lowest BCUT2D eigenvalue weighted by Crippen LogP contribution is -2.43. The summed E-state index contributed by atoms with van der Waals surface area (Å²) in [5.74, 6) is 0.567. The molecular weight excluding hydrogens is 314 g/mol. The van der Waals surface area contributed by atoms with Gasteiger partial charge in [0.1, 0.15) is 0 Å². The van der Waals surface area contributed by atoms with E-state index in [2.05, 4.69) is 22.9 Å². The molecule has 2 unspecified atom stereocenters. The van der Waals surface area contributed by atoms with Crippen molar-refractivity contribution in [2.45, 2.75) is 25.6 Å². The molecule has 1 aromatic rings. The largest absolute Gasteiger partial charge is 0.337 e. The molecule has 1 amide bonds. The summed E-state index contributed by atoms with van der Waals surface area (Å²) >= 11 is 9.68. The maximum Gasteiger partial charge on any atom is 0.253 e. The van der Waals surface area contributed by atoms with Crippen molar-refractivity contribution in [3.63, 3.8) is 0 Å². The molecule has 0 aliphatic carbocycles. The number of carbonyl (C=O) groups is 1. The van der Waals surface area contributed by atoms with Gasteiger partial charge >= 0.3 is 0 Å². The van der Waals surface area contributed by atoms with E-state index < -0.39 is 0 Å². The van der Waals surface area contributed by atoms with Crippen LogP contribution in [-0.2, 0) is 0 Å². The molecule has 2 nitrogen and oxygen atoms in total. The average Bonchev–Trinajstić information content (AvgIpc) is 2.30. The van der Waals surface area contributed by atoms with Gasteiger partial charge in [-0.2, -0.15) is 0 Å². The summed E-state index contributed by atoms with van der Waals surface area (Å²) in [5.41, 5.74) is 1.82. The average molecular weight is 331 g/mol. The summed E-state index contributed by atoms with van der Waals surface area (Å²) < 4.78 is 0.943. The van der Waals surface area contributed by atoms with Crippen LogP contribution in [0.25, 0.3) is 0 Å². The monoisotopic (exact) mass is 329 g/mol. The minimum absolute atomic E-state index is 0.0657. The smallest absolute Gasteiger partial charge is 0.253 e. The van der Waals surface area contributed by atoms with Gasteiger partial charge in [-0.15, -0.1) is 11.6 Å². The minimum atomic E-state index is 0.0657. The Morgan fingerprint density at radius 2 is 2.17 bits per heavy atom. The fraction of sp³-hybridized carbons (Fsp3) is 0.500. The number of carbonyl (C=O) groups excluding carboxylic acids is 1. The van der Waals surface area contributed by atoms with Crippen molar-refractivity contribution in [2.75, 3.05) is 13.1 Å². The van der Waals surface area contributed by atoms with Crippen LogP contribution < -0.4 is 0 Å². The van der Waals surface area contributed by atoms with Crippen molar-refractivity contribution in [3.8, 4) is 0 Å². The van der Waals surface area contributed by atoms with Gasteiger partial charge < -0.3 is 4.90 Å². The molecule has 0 aromatic heterocycles. The Kier molecular flexibility index (Phi) is 4.33. The Morgan fingerprint density at radius 1 is 1.44 bits per heavy atom. The van der Waals surface area contributed by atoms with Crippen LogP contribution in [0.5, 0.6) is 0 Å². The highest BCUT2D eigenvalue weighted by molar-refractivity contribution is 9.10. The molecule has 18 heavy (non-hydrogen) atoms. The van der Waals surface area contributed by atoms with Crippen molar-refractivity contribution in [2.24, 2.45) is 5.92 Å². The second-order valence-corrected chi connectivity index (χ2v) is 6.53. The van der Waals surface area contributed by atoms with E-state index in [1.807, 2.05) is 30.0 Å². The lowest BCUT2D eigenvalue weighted by Gasteiger charge is -2.34. The van der Waals surface area contributed by atoms with Crippen molar-refractivity contribution in [1.82, 2.24) is 4.90 Å². The SMILES string of the molecule is Cc1cc(Br)cc(C(=O)N2CCC(C)C(Cl)C2)c1. The van der Waals surface area contributed by atoms with E-state index in [1.54, 1.807) is 0 Å². The summed E-state index contributed by atoms with van der Waals surface area (Å²) in [5, 5.41) is 0.0657. The van der Waals surface area contributed by atoms with E-state index in [-0.39, 0.29) is 11.3 Å². The first-order valence-electron chi connectivity index (χ1n) is 6.18. The molecule has 1 aliphatic rings. The highest BCUT2D eigenvalue weighted by Crippen LogP contribution is 2.24. The molecule has 1 fully saturated rings. The predicted molar refractivity (Wildman–Crippen MR) is 78.2 cm³/mol. The van der Waals surface area contributed by atoms with Crippen LogP contribution >= 0.6 is 27.5 Å². The van der Waals surface area contributed by atoms with Crippen LogP contribution in [0.1, 0.15) is 29.3 Å². The molecule has 1 saturated heterocycles. The minimum Gasteiger partial charge on any atom is -0.337 e. The highest BCUT2D eigenvalue weighted by Gasteiger charge is 2.27. The zero-order valence-corrected chi connectivity index (χ0v) is 13.0. The third-order valence-electron chi connectivity index (χ3n) is 3.44. The van der Waals surface area contributed by atoms with Crippen molar-refractivity contribution >= 4 is 33.4 Å². The van der Waals surface area contributed by atoms with Gasteiger partial charge in [-0.3, -0.25) is 4.79 Å². The summed E-state index contributed by atoms with van der Waals surface area (Å²) in [6, 6.07) is 5.80. The van der Waals surface area contributed by atoms with Crippen molar-refractivity contribution in [3.05, 3.63) is 33.8 Å². The number of aryl methyl sites for hydroxylation is 1. The number of rotatable bonds is 1. The Labute approximate surface area is 121 Å². The van der Waals surface area contributed by atoms with Gasteiger partial charge in [-0.05, 0) is 43.0 Å². The lowest BCUT2D eigenvalue weighted by molar-refractivity contribution is 0.0701. The molecule has 0 spiro atoms. The molecular formula is C14H17BrClNO. The molecule has 1 aromatic carbocycles. The van der Waals surface area contributed by atoms with E-state index in [9.17, 15) is 4.79 Å². The molecule has 4 heteroatoms. The maximum absolute atomic E-state index is 12.4. The first-order valence-corrected chi connectivity index (χ1v) is 7.41. The number of amides is 1. The second-order valence-electron chi connectivity index (χ2n) is 5.05. The summed E-state index contributed by atoms with van der Waals surface area (Å²) in [6.07, 6.45) is 0.979. The summed E-state index contributed by atoms with van der Waals surface area (Å²) in [7, 11) is 0. The first kappa shape index (κ1) is 13.9. The Hall–Kier alpha value is -0.540. The number of hydrogen-bond donors (Lipinski definition) is 0. The topological polar surface area (TPSA) is 20.3 Å². The number of piperidine rings is 1. The number of alkyl halides is 1. The molecule has 0 radical (unpaired) electrons. The lowest BCUT2D eigenvalue weighted by atomic mass is 9.98. The number of likely N-dealkylation sites (tertiary alicyclic amines) is 1. The van der Waals surface area contributed by atoms with Gasteiger partial charge in [0, 0.05) is 23.1 Å². The number of hydrogen-bond acceptors (Lipinski definition) is 1. The number of nitrogens with zero attached hydrogens (tertiary/aromatic N) is 1. The van der Waals surface area contributed by atoms with Crippen LogP contribution in [0.3, 0.4) is 0 Å². The van der Waals surface area contributed by atoms with E-state index in [0.717, 1.165) is 28.6 Å². The van der Waals surface area contributed by atoms with E-state index in [4.69, 9.17) is 11.6 Å². The Balaban J connectivity index is 2.16. The molecule has 0 bridgehead atoms. The molecule has 2 rings (SSSR count). The Morgan fingerprint density at radius 3 is 2.78 bits per heavy atom. The molecule has 1 heterocycles. The highest BCUT2D eigenvalue weighted by atomic mass is 79.9. The fourth-order valence-electron chi connectivity index (χ4n) is 2.25. The first-order chi connectivity index (χ1) is 8.47.